The normalized spacial score (nSPS) is 12.7. The van der Waals surface area contributed by atoms with Crippen molar-refractivity contribution in [2.24, 2.45) is 0 Å². The molecule has 0 spiro atoms. The number of nitrogens with one attached hydrogen (secondary N) is 2. The number of benzene rings is 5. The zero-order valence-electron chi connectivity index (χ0n) is 20.3. The van der Waals surface area contributed by atoms with Gasteiger partial charge in [0, 0.05) is 12.1 Å². The van der Waals surface area contributed by atoms with Crippen LogP contribution in [0.5, 0.6) is 0 Å². The molecule has 2 amide bonds. The molecule has 0 radical (unpaired) electrons. The van der Waals surface area contributed by atoms with E-state index in [0.717, 1.165) is 28.5 Å². The maximum absolute atomic E-state index is 12.9. The second kappa shape index (κ2) is 10.3. The monoisotopic (exact) mass is 518 g/mol. The summed E-state index contributed by atoms with van der Waals surface area (Å²) in [5, 5.41) is 21.5. The molecule has 0 heterocycles. The van der Waals surface area contributed by atoms with Crippen LogP contribution in [0, 0.1) is 0 Å². The lowest BCUT2D eigenvalue weighted by Gasteiger charge is -2.17. The van der Waals surface area contributed by atoms with E-state index in [0.29, 0.717) is 12.8 Å². The number of aliphatic hydroxyl groups excluding tert-OH is 1. The minimum atomic E-state index is -4.56. The standard InChI is InChI=1S/C30H25F3N2O3/c31-30(32,33)22-7-3-8-23(16-22)34-29(38)25(17-36)35-26(37)9-2-4-18-10-11-21-13-12-19-5-1-6-20-14-15-24(18)28(21)27(19)20/h1,3,5-8,10-16,25,36H,2,4,9,17H2,(H,34,38)(H,35,37). The first kappa shape index (κ1) is 25.5. The molecule has 0 aliphatic carbocycles. The van der Waals surface area contributed by atoms with Gasteiger partial charge < -0.3 is 15.7 Å². The molecule has 0 aliphatic rings. The van der Waals surface area contributed by atoms with E-state index in [1.807, 2.05) is 6.07 Å². The summed E-state index contributed by atoms with van der Waals surface area (Å²) >= 11 is 0. The fourth-order valence-electron chi connectivity index (χ4n) is 4.92. The van der Waals surface area contributed by atoms with Crippen LogP contribution in [-0.2, 0) is 22.2 Å². The SMILES string of the molecule is O=C(CCCc1ccc2ccc3cccc4ccc1c2c34)NC(CO)C(=O)Nc1cccc(C(F)(F)F)c1. The maximum Gasteiger partial charge on any atom is 0.416 e. The molecular formula is C30H25F3N2O3. The van der Waals surface area contributed by atoms with E-state index in [-0.39, 0.29) is 12.1 Å². The summed E-state index contributed by atoms with van der Waals surface area (Å²) in [4.78, 5) is 25.0. The van der Waals surface area contributed by atoms with Crippen molar-refractivity contribution in [3.63, 3.8) is 0 Å². The van der Waals surface area contributed by atoms with Gasteiger partial charge in [-0.05, 0) is 68.9 Å². The van der Waals surface area contributed by atoms with Crippen molar-refractivity contribution in [1.82, 2.24) is 5.32 Å². The van der Waals surface area contributed by atoms with Crippen LogP contribution in [0.4, 0.5) is 18.9 Å². The Labute approximate surface area is 216 Å². The van der Waals surface area contributed by atoms with E-state index < -0.39 is 36.2 Å². The molecule has 3 N–H and O–H groups in total. The number of carbonyl (C=O) groups excluding carboxylic acids is 2. The van der Waals surface area contributed by atoms with Crippen LogP contribution in [0.15, 0.2) is 78.9 Å². The molecule has 0 bridgehead atoms. The maximum atomic E-state index is 12.9. The van der Waals surface area contributed by atoms with Crippen molar-refractivity contribution in [1.29, 1.82) is 0 Å². The fourth-order valence-corrected chi connectivity index (χ4v) is 4.92. The Bertz CT molecular complexity index is 1610. The van der Waals surface area contributed by atoms with E-state index in [4.69, 9.17) is 0 Å². The first-order chi connectivity index (χ1) is 18.2. The number of amides is 2. The van der Waals surface area contributed by atoms with Gasteiger partial charge in [0.2, 0.25) is 11.8 Å². The average molecular weight is 519 g/mol. The number of aliphatic hydroxyl groups is 1. The number of carbonyl (C=O) groups is 2. The van der Waals surface area contributed by atoms with Crippen molar-refractivity contribution < 1.29 is 27.9 Å². The number of halogens is 3. The van der Waals surface area contributed by atoms with Crippen LogP contribution in [-0.4, -0.2) is 29.6 Å². The molecule has 5 aromatic rings. The third kappa shape index (κ3) is 5.13. The van der Waals surface area contributed by atoms with Gasteiger partial charge in [-0.1, -0.05) is 60.7 Å². The van der Waals surface area contributed by atoms with E-state index in [1.54, 1.807) is 0 Å². The van der Waals surface area contributed by atoms with Crippen molar-refractivity contribution >= 4 is 49.8 Å². The molecular weight excluding hydrogens is 493 g/mol. The lowest BCUT2D eigenvalue weighted by atomic mass is 9.90. The summed E-state index contributed by atoms with van der Waals surface area (Å²) in [7, 11) is 0. The summed E-state index contributed by atoms with van der Waals surface area (Å²) in [6.45, 7) is -0.689. The van der Waals surface area contributed by atoms with Crippen LogP contribution in [0.1, 0.15) is 24.0 Å². The van der Waals surface area contributed by atoms with Gasteiger partial charge in [-0.25, -0.2) is 0 Å². The van der Waals surface area contributed by atoms with Gasteiger partial charge in [0.1, 0.15) is 6.04 Å². The number of rotatable bonds is 8. The summed E-state index contributed by atoms with van der Waals surface area (Å²) in [6.07, 6.45) is -3.28. The first-order valence-electron chi connectivity index (χ1n) is 12.3. The Kier molecular flexibility index (Phi) is 6.91. The topological polar surface area (TPSA) is 78.4 Å². The lowest BCUT2D eigenvalue weighted by molar-refractivity contribution is -0.137. The van der Waals surface area contributed by atoms with E-state index in [9.17, 15) is 27.9 Å². The highest BCUT2D eigenvalue weighted by atomic mass is 19.4. The van der Waals surface area contributed by atoms with Crippen LogP contribution >= 0.6 is 0 Å². The zero-order valence-corrected chi connectivity index (χ0v) is 20.3. The molecule has 38 heavy (non-hydrogen) atoms. The van der Waals surface area contributed by atoms with Crippen molar-refractivity contribution in [3.8, 4) is 0 Å². The Morgan fingerprint density at radius 1 is 0.842 bits per heavy atom. The summed E-state index contributed by atoms with van der Waals surface area (Å²) in [5.74, 6) is -1.23. The first-order valence-corrected chi connectivity index (χ1v) is 12.3. The van der Waals surface area contributed by atoms with Gasteiger partial charge in [0.15, 0.2) is 0 Å². The minimum Gasteiger partial charge on any atom is -0.394 e. The molecule has 0 aliphatic heterocycles. The molecule has 1 unspecified atom stereocenters. The molecule has 1 atom stereocenters. The third-order valence-electron chi connectivity index (χ3n) is 6.76. The number of hydrogen-bond donors (Lipinski definition) is 3. The number of alkyl halides is 3. The van der Waals surface area contributed by atoms with Gasteiger partial charge in [-0.3, -0.25) is 9.59 Å². The second-order valence-corrected chi connectivity index (χ2v) is 9.30. The molecule has 0 saturated heterocycles. The molecule has 194 valence electrons. The quantitative estimate of drug-likeness (QED) is 0.219. The Morgan fingerprint density at radius 2 is 1.50 bits per heavy atom. The number of hydrogen-bond acceptors (Lipinski definition) is 3. The van der Waals surface area contributed by atoms with Gasteiger partial charge in [-0.15, -0.1) is 0 Å². The molecule has 0 fully saturated rings. The zero-order chi connectivity index (χ0) is 26.9. The molecule has 5 aromatic carbocycles. The third-order valence-corrected chi connectivity index (χ3v) is 6.76. The molecule has 0 aromatic heterocycles. The highest BCUT2D eigenvalue weighted by Crippen LogP contribution is 2.36. The molecule has 5 rings (SSSR count). The summed E-state index contributed by atoms with van der Waals surface area (Å²) in [6, 6.07) is 21.7. The van der Waals surface area contributed by atoms with Crippen LogP contribution in [0.25, 0.3) is 32.3 Å². The predicted molar refractivity (Wildman–Crippen MR) is 142 cm³/mol. The van der Waals surface area contributed by atoms with Gasteiger partial charge in [0.25, 0.3) is 0 Å². The van der Waals surface area contributed by atoms with Gasteiger partial charge in [-0.2, -0.15) is 13.2 Å². The van der Waals surface area contributed by atoms with E-state index >= 15 is 0 Å². The summed E-state index contributed by atoms with van der Waals surface area (Å²) < 4.78 is 38.8. The van der Waals surface area contributed by atoms with Gasteiger partial charge >= 0.3 is 6.18 Å². The van der Waals surface area contributed by atoms with Crippen LogP contribution in [0.2, 0.25) is 0 Å². The molecule has 8 heteroatoms. The van der Waals surface area contributed by atoms with Crippen LogP contribution < -0.4 is 10.6 Å². The largest absolute Gasteiger partial charge is 0.416 e. The van der Waals surface area contributed by atoms with Crippen LogP contribution in [0.3, 0.4) is 0 Å². The smallest absolute Gasteiger partial charge is 0.394 e. The van der Waals surface area contributed by atoms with E-state index in [1.165, 1.54) is 33.7 Å². The van der Waals surface area contributed by atoms with E-state index in [2.05, 4.69) is 59.2 Å². The minimum absolute atomic E-state index is 0.0773. The van der Waals surface area contributed by atoms with Crippen molar-refractivity contribution in [3.05, 3.63) is 90.0 Å². The predicted octanol–water partition coefficient (Wildman–Crippen LogP) is 6.04. The Hall–Kier alpha value is -4.17. The number of aryl methyl sites for hydroxylation is 1. The average Bonchev–Trinajstić information content (AvgIpc) is 2.90. The van der Waals surface area contributed by atoms with Crippen molar-refractivity contribution in [2.75, 3.05) is 11.9 Å². The van der Waals surface area contributed by atoms with Gasteiger partial charge in [0.05, 0.1) is 12.2 Å². The molecule has 5 nitrogen and oxygen atoms in total. The Balaban J connectivity index is 1.22. The summed E-state index contributed by atoms with van der Waals surface area (Å²) in [5.41, 5.74) is 0.128. The second-order valence-electron chi connectivity index (χ2n) is 9.30. The van der Waals surface area contributed by atoms with Crippen molar-refractivity contribution in [2.45, 2.75) is 31.5 Å². The Morgan fingerprint density at radius 3 is 2.21 bits per heavy atom. The lowest BCUT2D eigenvalue weighted by Crippen LogP contribution is -2.46. The highest BCUT2D eigenvalue weighted by molar-refractivity contribution is 6.23. The highest BCUT2D eigenvalue weighted by Gasteiger charge is 2.30. The number of anilines is 1. The molecule has 0 saturated carbocycles. The fraction of sp³-hybridized carbons (Fsp3) is 0.200.